The van der Waals surface area contributed by atoms with E-state index in [0.717, 1.165) is 13.1 Å². The molecule has 0 aliphatic rings. The molecule has 3 aromatic rings. The van der Waals surface area contributed by atoms with Gasteiger partial charge in [-0.2, -0.15) is 4.80 Å². The van der Waals surface area contributed by atoms with Crippen LogP contribution in [0.15, 0.2) is 42.5 Å². The van der Waals surface area contributed by atoms with Crippen LogP contribution >= 0.6 is 0 Å². The number of carbonyl (C=O) groups is 2. The van der Waals surface area contributed by atoms with Gasteiger partial charge in [0.05, 0.1) is 14.2 Å². The van der Waals surface area contributed by atoms with Crippen molar-refractivity contribution in [1.82, 2.24) is 35.3 Å². The van der Waals surface area contributed by atoms with E-state index in [1.165, 1.54) is 41.1 Å². The topological polar surface area (TPSA) is 115 Å². The van der Waals surface area contributed by atoms with Gasteiger partial charge in [-0.3, -0.25) is 9.59 Å². The number of nitrogens with zero attached hydrogens (tertiary/aromatic N) is 6. The zero-order valence-electron chi connectivity index (χ0n) is 24.8. The highest BCUT2D eigenvalue weighted by Gasteiger charge is 2.34. The number of rotatable bonds is 13. The fourth-order valence-electron chi connectivity index (χ4n) is 4.36. The molecule has 1 unspecified atom stereocenters. The van der Waals surface area contributed by atoms with Crippen LogP contribution in [-0.2, 0) is 16.1 Å². The Balaban J connectivity index is 1.95. The molecule has 0 saturated carbocycles. The number of nitrogens with one attached hydrogen (secondary N) is 1. The van der Waals surface area contributed by atoms with E-state index in [0.29, 0.717) is 35.0 Å². The first-order valence-electron chi connectivity index (χ1n) is 13.6. The minimum atomic E-state index is -0.994. The van der Waals surface area contributed by atoms with Crippen molar-refractivity contribution in [2.45, 2.75) is 52.7 Å². The van der Waals surface area contributed by atoms with Crippen LogP contribution in [0.3, 0.4) is 0 Å². The molecule has 0 spiro atoms. The second-order valence-electron chi connectivity index (χ2n) is 10.5. The molecule has 0 saturated heterocycles. The fourth-order valence-corrected chi connectivity index (χ4v) is 4.36. The SMILES string of the molecule is CCN(CC)CCN(C(=O)Cn1nnc(-c2ccc(OC)c(OC)c2)n1)C(C(=O)NC(C)(C)C)c1ccc(F)cc1. The molecule has 0 aliphatic heterocycles. The number of methoxy groups -OCH3 is 2. The Morgan fingerprint density at radius 3 is 2.24 bits per heavy atom. The lowest BCUT2D eigenvalue weighted by atomic mass is 10.0. The normalized spacial score (nSPS) is 12.2. The van der Waals surface area contributed by atoms with E-state index in [1.54, 1.807) is 25.3 Å². The molecule has 1 atom stereocenters. The molecule has 1 heterocycles. The van der Waals surface area contributed by atoms with Crippen molar-refractivity contribution in [1.29, 1.82) is 0 Å². The van der Waals surface area contributed by atoms with Crippen LogP contribution in [0.2, 0.25) is 0 Å². The largest absolute Gasteiger partial charge is 0.493 e. The average Bonchev–Trinajstić information content (AvgIpc) is 3.40. The van der Waals surface area contributed by atoms with Crippen LogP contribution in [-0.4, -0.2) is 87.8 Å². The van der Waals surface area contributed by atoms with Gasteiger partial charge in [-0.15, -0.1) is 10.2 Å². The lowest BCUT2D eigenvalue weighted by Gasteiger charge is -2.35. The molecule has 3 rings (SSSR count). The number of benzene rings is 2. The highest BCUT2D eigenvalue weighted by molar-refractivity contribution is 5.89. The first-order chi connectivity index (χ1) is 19.5. The smallest absolute Gasteiger partial charge is 0.247 e. The molecule has 1 N–H and O–H groups in total. The third-order valence-electron chi connectivity index (χ3n) is 6.49. The maximum absolute atomic E-state index is 13.9. The van der Waals surface area contributed by atoms with Crippen molar-refractivity contribution in [3.05, 3.63) is 53.8 Å². The molecule has 0 fully saturated rings. The second-order valence-corrected chi connectivity index (χ2v) is 10.5. The van der Waals surface area contributed by atoms with Crippen molar-refractivity contribution in [3.8, 4) is 22.9 Å². The molecule has 11 nitrogen and oxygen atoms in total. The third-order valence-corrected chi connectivity index (χ3v) is 6.49. The van der Waals surface area contributed by atoms with Crippen molar-refractivity contribution in [3.63, 3.8) is 0 Å². The summed E-state index contributed by atoms with van der Waals surface area (Å²) in [6, 6.07) is 9.86. The predicted octanol–water partition coefficient (Wildman–Crippen LogP) is 3.32. The van der Waals surface area contributed by atoms with Crippen molar-refractivity contribution < 1.29 is 23.5 Å². The summed E-state index contributed by atoms with van der Waals surface area (Å²) in [5, 5.41) is 15.6. The van der Waals surface area contributed by atoms with Crippen LogP contribution in [0.5, 0.6) is 11.5 Å². The lowest BCUT2D eigenvalue weighted by molar-refractivity contribution is -0.142. The summed E-state index contributed by atoms with van der Waals surface area (Å²) in [4.78, 5) is 32.4. The Bertz CT molecular complexity index is 1300. The van der Waals surface area contributed by atoms with E-state index in [1.807, 2.05) is 34.6 Å². The van der Waals surface area contributed by atoms with E-state index in [9.17, 15) is 14.0 Å². The van der Waals surface area contributed by atoms with Gasteiger partial charge in [0.1, 0.15) is 18.4 Å². The van der Waals surface area contributed by atoms with Gasteiger partial charge < -0.3 is 24.6 Å². The Morgan fingerprint density at radius 1 is 1.00 bits per heavy atom. The van der Waals surface area contributed by atoms with E-state index in [4.69, 9.17) is 9.47 Å². The highest BCUT2D eigenvalue weighted by atomic mass is 19.1. The van der Waals surface area contributed by atoms with Gasteiger partial charge in [-0.1, -0.05) is 26.0 Å². The molecule has 0 aliphatic carbocycles. The lowest BCUT2D eigenvalue weighted by Crippen LogP contribution is -2.51. The summed E-state index contributed by atoms with van der Waals surface area (Å²) in [7, 11) is 3.08. The van der Waals surface area contributed by atoms with E-state index >= 15 is 0 Å². The van der Waals surface area contributed by atoms with E-state index in [2.05, 4.69) is 25.6 Å². The molecular formula is C29H40FN7O4. The Kier molecular flexibility index (Phi) is 10.8. The Morgan fingerprint density at radius 2 is 1.66 bits per heavy atom. The van der Waals surface area contributed by atoms with Crippen molar-refractivity contribution in [2.24, 2.45) is 0 Å². The van der Waals surface area contributed by atoms with Crippen LogP contribution < -0.4 is 14.8 Å². The summed E-state index contributed by atoms with van der Waals surface area (Å²) >= 11 is 0. The summed E-state index contributed by atoms with van der Waals surface area (Å²) < 4.78 is 24.5. The fraction of sp³-hybridized carbons (Fsp3) is 0.483. The molecule has 1 aromatic heterocycles. The van der Waals surface area contributed by atoms with Crippen LogP contribution in [0.25, 0.3) is 11.4 Å². The van der Waals surface area contributed by atoms with Gasteiger partial charge in [-0.25, -0.2) is 4.39 Å². The Hall–Kier alpha value is -4.06. The molecule has 222 valence electrons. The first kappa shape index (κ1) is 31.5. The standard InChI is InChI=1S/C29H40FN7O4/c1-8-35(9-2)16-17-36(26(28(39)31-29(3,4)5)20-10-13-22(30)14-11-20)25(38)19-37-33-27(32-34-37)21-12-15-23(40-6)24(18-21)41-7/h10-15,18,26H,8-9,16-17,19H2,1-7H3,(H,31,39). The molecule has 2 amide bonds. The summed E-state index contributed by atoms with van der Waals surface area (Å²) in [6.07, 6.45) is 0. The zero-order chi connectivity index (χ0) is 30.2. The molecular weight excluding hydrogens is 529 g/mol. The van der Waals surface area contributed by atoms with Crippen LogP contribution in [0, 0.1) is 5.82 Å². The number of ether oxygens (including phenoxy) is 2. The van der Waals surface area contributed by atoms with Gasteiger partial charge in [0.25, 0.3) is 0 Å². The number of tetrazole rings is 1. The van der Waals surface area contributed by atoms with Crippen molar-refractivity contribution >= 4 is 11.8 Å². The zero-order valence-corrected chi connectivity index (χ0v) is 24.8. The quantitative estimate of drug-likeness (QED) is 0.334. The minimum absolute atomic E-state index is 0.251. The monoisotopic (exact) mass is 569 g/mol. The third kappa shape index (κ3) is 8.46. The van der Waals surface area contributed by atoms with E-state index in [-0.39, 0.29) is 24.9 Å². The second kappa shape index (κ2) is 14.0. The summed E-state index contributed by atoms with van der Waals surface area (Å²) in [5.41, 5.74) is 0.581. The molecule has 0 radical (unpaired) electrons. The number of likely N-dealkylation sites (N-methyl/N-ethyl adjacent to an activating group) is 1. The number of hydrogen-bond donors (Lipinski definition) is 1. The van der Waals surface area contributed by atoms with Gasteiger partial charge in [-0.05, 0) is 75.0 Å². The minimum Gasteiger partial charge on any atom is -0.493 e. The van der Waals surface area contributed by atoms with Gasteiger partial charge in [0, 0.05) is 24.2 Å². The molecule has 41 heavy (non-hydrogen) atoms. The van der Waals surface area contributed by atoms with Gasteiger partial charge in [0.15, 0.2) is 11.5 Å². The maximum Gasteiger partial charge on any atom is 0.247 e. The summed E-state index contributed by atoms with van der Waals surface area (Å²) in [5.74, 6) is 0.185. The van der Waals surface area contributed by atoms with Gasteiger partial charge >= 0.3 is 0 Å². The predicted molar refractivity (Wildman–Crippen MR) is 153 cm³/mol. The van der Waals surface area contributed by atoms with Crippen LogP contribution in [0.1, 0.15) is 46.2 Å². The number of halogens is 1. The number of amides is 2. The average molecular weight is 570 g/mol. The maximum atomic E-state index is 13.9. The van der Waals surface area contributed by atoms with Gasteiger partial charge in [0.2, 0.25) is 17.6 Å². The molecule has 12 heteroatoms. The highest BCUT2D eigenvalue weighted by Crippen LogP contribution is 2.31. The first-order valence-corrected chi connectivity index (χ1v) is 13.6. The van der Waals surface area contributed by atoms with Crippen molar-refractivity contribution in [2.75, 3.05) is 40.4 Å². The number of hydrogen-bond acceptors (Lipinski definition) is 8. The molecule has 2 aromatic carbocycles. The Labute approximate surface area is 240 Å². The van der Waals surface area contributed by atoms with E-state index < -0.39 is 17.4 Å². The van der Waals surface area contributed by atoms with Crippen LogP contribution in [0.4, 0.5) is 4.39 Å². The molecule has 0 bridgehead atoms. The number of aromatic nitrogens is 4. The summed E-state index contributed by atoms with van der Waals surface area (Å²) in [6.45, 7) is 11.8. The number of carbonyl (C=O) groups excluding carboxylic acids is 2.